The molecule has 0 spiro atoms. The van der Waals surface area contributed by atoms with E-state index in [9.17, 15) is 0 Å². The number of hydrogen-bond donors (Lipinski definition) is 2. The fraction of sp³-hybridized carbons (Fsp3) is 0.500. The first kappa shape index (κ1) is 12.8. The van der Waals surface area contributed by atoms with Gasteiger partial charge in [-0.1, -0.05) is 6.07 Å². The zero-order valence-electron chi connectivity index (χ0n) is 11.1. The van der Waals surface area contributed by atoms with Crippen molar-refractivity contribution in [1.82, 2.24) is 15.5 Å². The van der Waals surface area contributed by atoms with Crippen LogP contribution in [0.4, 0.5) is 0 Å². The van der Waals surface area contributed by atoms with Crippen molar-refractivity contribution in [1.29, 1.82) is 0 Å². The van der Waals surface area contributed by atoms with Crippen LogP contribution in [0.15, 0.2) is 23.7 Å². The number of aromatic nitrogens is 2. The van der Waals surface area contributed by atoms with Crippen LogP contribution in [-0.2, 0) is 11.3 Å². The van der Waals surface area contributed by atoms with Gasteiger partial charge in [0.25, 0.3) is 0 Å². The number of rotatable bonds is 4. The number of ether oxygens (including phenoxy) is 1. The zero-order valence-corrected chi connectivity index (χ0v) is 11.9. The van der Waals surface area contributed by atoms with E-state index < -0.39 is 0 Å². The minimum absolute atomic E-state index is 0.0856. The Morgan fingerprint density at radius 2 is 2.53 bits per heavy atom. The monoisotopic (exact) mass is 277 g/mol. The van der Waals surface area contributed by atoms with Gasteiger partial charge in [0.1, 0.15) is 0 Å². The summed E-state index contributed by atoms with van der Waals surface area (Å²) in [6.07, 6.45) is 4.21. The summed E-state index contributed by atoms with van der Waals surface area (Å²) in [6, 6.07) is 4.18. The maximum atomic E-state index is 5.57. The van der Waals surface area contributed by atoms with Crippen LogP contribution >= 0.6 is 11.3 Å². The lowest BCUT2D eigenvalue weighted by Gasteiger charge is -2.34. The standard InChI is InChI=1S/C14H19N3OS/c1-14(5-3-6-18-10-14)15-8-11-9-16-17-13(11)12-4-2-7-19-12/h2,4,7,9,15H,3,5-6,8,10H2,1H3,(H,16,17). The van der Waals surface area contributed by atoms with Crippen LogP contribution < -0.4 is 5.32 Å². The molecule has 3 heterocycles. The highest BCUT2D eigenvalue weighted by Crippen LogP contribution is 2.26. The molecule has 1 unspecified atom stereocenters. The molecule has 19 heavy (non-hydrogen) atoms. The lowest BCUT2D eigenvalue weighted by Crippen LogP contribution is -2.48. The topological polar surface area (TPSA) is 49.9 Å². The Hall–Kier alpha value is -1.17. The minimum Gasteiger partial charge on any atom is -0.380 e. The maximum absolute atomic E-state index is 5.57. The molecule has 0 radical (unpaired) electrons. The summed E-state index contributed by atoms with van der Waals surface area (Å²) in [7, 11) is 0. The lowest BCUT2D eigenvalue weighted by atomic mass is 9.94. The number of thiophene rings is 1. The molecule has 3 rings (SSSR count). The third-order valence-corrected chi connectivity index (χ3v) is 4.52. The van der Waals surface area contributed by atoms with Crippen LogP contribution in [0.3, 0.4) is 0 Å². The Labute approximate surface area is 117 Å². The molecule has 1 atom stereocenters. The van der Waals surface area contributed by atoms with Crippen molar-refractivity contribution < 1.29 is 4.74 Å². The SMILES string of the molecule is CC1(NCc2cn[nH]c2-c2cccs2)CCCOC1. The van der Waals surface area contributed by atoms with E-state index in [1.54, 1.807) is 11.3 Å². The van der Waals surface area contributed by atoms with E-state index in [1.807, 2.05) is 6.20 Å². The highest BCUT2D eigenvalue weighted by atomic mass is 32.1. The smallest absolute Gasteiger partial charge is 0.0794 e. The molecule has 2 N–H and O–H groups in total. The normalized spacial score (nSPS) is 23.6. The number of nitrogens with one attached hydrogen (secondary N) is 2. The summed E-state index contributed by atoms with van der Waals surface area (Å²) >= 11 is 1.73. The van der Waals surface area contributed by atoms with Gasteiger partial charge in [0.2, 0.25) is 0 Å². The highest BCUT2D eigenvalue weighted by Gasteiger charge is 2.27. The fourth-order valence-corrected chi connectivity index (χ4v) is 3.22. The van der Waals surface area contributed by atoms with Gasteiger partial charge in [-0.25, -0.2) is 0 Å². The van der Waals surface area contributed by atoms with E-state index in [2.05, 4.69) is 40.0 Å². The predicted octanol–water partition coefficient (Wildman–Crippen LogP) is 2.80. The molecule has 0 saturated carbocycles. The van der Waals surface area contributed by atoms with Gasteiger partial charge >= 0.3 is 0 Å². The molecule has 0 bridgehead atoms. The van der Waals surface area contributed by atoms with E-state index in [4.69, 9.17) is 4.74 Å². The Morgan fingerprint density at radius 3 is 3.26 bits per heavy atom. The average molecular weight is 277 g/mol. The largest absolute Gasteiger partial charge is 0.380 e. The molecule has 102 valence electrons. The third-order valence-electron chi connectivity index (χ3n) is 3.63. The predicted molar refractivity (Wildman–Crippen MR) is 77.2 cm³/mol. The maximum Gasteiger partial charge on any atom is 0.0794 e. The Morgan fingerprint density at radius 1 is 1.58 bits per heavy atom. The summed E-state index contributed by atoms with van der Waals surface area (Å²) in [5.74, 6) is 0. The molecule has 1 saturated heterocycles. The van der Waals surface area contributed by atoms with Crippen LogP contribution in [-0.4, -0.2) is 29.0 Å². The summed E-state index contributed by atoms with van der Waals surface area (Å²) in [4.78, 5) is 1.24. The molecule has 4 nitrogen and oxygen atoms in total. The zero-order chi connectivity index (χ0) is 13.1. The van der Waals surface area contributed by atoms with Crippen molar-refractivity contribution in [3.05, 3.63) is 29.3 Å². The molecule has 0 aliphatic carbocycles. The molecule has 1 aliphatic rings. The second-order valence-electron chi connectivity index (χ2n) is 5.32. The van der Waals surface area contributed by atoms with Crippen molar-refractivity contribution in [2.24, 2.45) is 0 Å². The fourth-order valence-electron chi connectivity index (χ4n) is 2.46. The highest BCUT2D eigenvalue weighted by molar-refractivity contribution is 7.13. The lowest BCUT2D eigenvalue weighted by molar-refractivity contribution is 0.0278. The first-order valence-electron chi connectivity index (χ1n) is 6.66. The summed E-state index contributed by atoms with van der Waals surface area (Å²) < 4.78 is 5.57. The summed E-state index contributed by atoms with van der Waals surface area (Å²) in [6.45, 7) is 4.74. The average Bonchev–Trinajstić information content (AvgIpc) is 3.08. The Balaban J connectivity index is 1.69. The molecule has 5 heteroatoms. The van der Waals surface area contributed by atoms with E-state index in [0.717, 1.165) is 31.9 Å². The molecule has 0 aromatic carbocycles. The molecular weight excluding hydrogens is 258 g/mol. The van der Waals surface area contributed by atoms with Gasteiger partial charge in [-0.3, -0.25) is 5.10 Å². The van der Waals surface area contributed by atoms with E-state index in [1.165, 1.54) is 16.9 Å². The number of hydrogen-bond acceptors (Lipinski definition) is 4. The van der Waals surface area contributed by atoms with Gasteiger partial charge in [0.15, 0.2) is 0 Å². The van der Waals surface area contributed by atoms with Crippen molar-refractivity contribution in [2.75, 3.05) is 13.2 Å². The Kier molecular flexibility index (Phi) is 3.68. The van der Waals surface area contributed by atoms with Crippen molar-refractivity contribution in [3.63, 3.8) is 0 Å². The number of nitrogens with zero attached hydrogens (tertiary/aromatic N) is 1. The van der Waals surface area contributed by atoms with Gasteiger partial charge in [0.05, 0.1) is 23.4 Å². The summed E-state index contributed by atoms with van der Waals surface area (Å²) in [5, 5.41) is 13.0. The number of aromatic amines is 1. The summed E-state index contributed by atoms with van der Waals surface area (Å²) in [5.41, 5.74) is 2.43. The molecule has 0 amide bonds. The van der Waals surface area contributed by atoms with Crippen LogP contribution in [0.1, 0.15) is 25.3 Å². The van der Waals surface area contributed by atoms with Gasteiger partial charge in [0, 0.05) is 24.3 Å². The van der Waals surface area contributed by atoms with Crippen molar-refractivity contribution in [3.8, 4) is 10.6 Å². The van der Waals surface area contributed by atoms with Crippen molar-refractivity contribution in [2.45, 2.75) is 31.8 Å². The second kappa shape index (κ2) is 5.45. The molecule has 2 aromatic rings. The first-order chi connectivity index (χ1) is 9.27. The molecule has 2 aromatic heterocycles. The third kappa shape index (κ3) is 2.88. The first-order valence-corrected chi connectivity index (χ1v) is 7.54. The second-order valence-corrected chi connectivity index (χ2v) is 6.27. The van der Waals surface area contributed by atoms with Gasteiger partial charge in [-0.15, -0.1) is 11.3 Å². The Bertz CT molecular complexity index is 515. The van der Waals surface area contributed by atoms with Crippen LogP contribution in [0.2, 0.25) is 0 Å². The van der Waals surface area contributed by atoms with E-state index in [0.29, 0.717) is 0 Å². The van der Waals surface area contributed by atoms with Crippen molar-refractivity contribution >= 4 is 11.3 Å². The van der Waals surface area contributed by atoms with E-state index >= 15 is 0 Å². The van der Waals surface area contributed by atoms with Gasteiger partial charge in [-0.2, -0.15) is 5.10 Å². The number of H-pyrrole nitrogens is 1. The van der Waals surface area contributed by atoms with Gasteiger partial charge in [-0.05, 0) is 31.2 Å². The minimum atomic E-state index is 0.0856. The van der Waals surface area contributed by atoms with Crippen LogP contribution in [0.25, 0.3) is 10.6 Å². The van der Waals surface area contributed by atoms with Gasteiger partial charge < -0.3 is 10.1 Å². The van der Waals surface area contributed by atoms with Crippen LogP contribution in [0, 0.1) is 0 Å². The molecule has 1 fully saturated rings. The van der Waals surface area contributed by atoms with Crippen LogP contribution in [0.5, 0.6) is 0 Å². The quantitative estimate of drug-likeness (QED) is 0.903. The molecular formula is C14H19N3OS. The molecule has 1 aliphatic heterocycles. The van der Waals surface area contributed by atoms with E-state index in [-0.39, 0.29) is 5.54 Å².